The van der Waals surface area contributed by atoms with E-state index in [4.69, 9.17) is 25.9 Å². The predicted octanol–water partition coefficient (Wildman–Crippen LogP) is 1.02. The fraction of sp³-hybridized carbons (Fsp3) is 0.320. The number of aliphatic carboxylic acids is 2. The Morgan fingerprint density at radius 1 is 1.14 bits per heavy atom. The maximum absolute atomic E-state index is 12.6. The van der Waals surface area contributed by atoms with Crippen molar-refractivity contribution in [3.63, 3.8) is 0 Å². The molecule has 1 unspecified atom stereocenters. The van der Waals surface area contributed by atoms with Crippen molar-refractivity contribution >= 4 is 39.6 Å². The third kappa shape index (κ3) is 11.3. The van der Waals surface area contributed by atoms with Crippen molar-refractivity contribution in [1.82, 2.24) is 14.3 Å². The zero-order valence-electron chi connectivity index (χ0n) is 22.5. The van der Waals surface area contributed by atoms with Crippen LogP contribution < -0.4 is 15.8 Å². The zero-order valence-corrected chi connectivity index (χ0v) is 23.4. The lowest BCUT2D eigenvalue weighted by Crippen LogP contribution is -2.52. The van der Waals surface area contributed by atoms with Crippen LogP contribution in [0.1, 0.15) is 29.5 Å². The molecule has 14 nitrogen and oxygen atoms in total. The van der Waals surface area contributed by atoms with E-state index in [1.807, 2.05) is 0 Å². The molecule has 0 aliphatic carbocycles. The molecule has 0 saturated heterocycles. The number of nitrogens with zero attached hydrogens (tertiary/aromatic N) is 2. The van der Waals surface area contributed by atoms with Crippen LogP contribution in [0.4, 0.5) is 13.2 Å². The summed E-state index contributed by atoms with van der Waals surface area (Å²) in [5.41, 5.74) is 8.15. The Balaban J connectivity index is 0.000000821. The van der Waals surface area contributed by atoms with E-state index in [-0.39, 0.29) is 18.8 Å². The molecule has 1 heterocycles. The van der Waals surface area contributed by atoms with E-state index in [2.05, 4.69) is 15.2 Å². The molecule has 0 spiro atoms. The molecule has 1 aliphatic rings. The van der Waals surface area contributed by atoms with Gasteiger partial charge in [0.2, 0.25) is 5.91 Å². The second-order valence-corrected chi connectivity index (χ2v) is 10.8. The maximum Gasteiger partial charge on any atom is 0.490 e. The van der Waals surface area contributed by atoms with Crippen molar-refractivity contribution < 1.29 is 51.0 Å². The van der Waals surface area contributed by atoms with Gasteiger partial charge in [0.25, 0.3) is 10.2 Å². The fourth-order valence-electron chi connectivity index (χ4n) is 3.42. The van der Waals surface area contributed by atoms with Crippen LogP contribution in [0.15, 0.2) is 59.8 Å². The summed E-state index contributed by atoms with van der Waals surface area (Å²) < 4.78 is 60.0. The number of oxime groups is 1. The summed E-state index contributed by atoms with van der Waals surface area (Å²) in [5, 5.41) is 30.5. The number of benzene rings is 2. The van der Waals surface area contributed by atoms with Crippen LogP contribution in [-0.2, 0) is 36.0 Å². The number of hydrogen-bond acceptors (Lipinski definition) is 8. The molecule has 7 N–H and O–H groups in total. The monoisotopic (exact) mass is 630 g/mol. The first-order valence-electron chi connectivity index (χ1n) is 12.2. The number of carboxylic acids is 2. The highest BCUT2D eigenvalue weighted by Crippen LogP contribution is 2.19. The molecule has 0 aromatic heterocycles. The van der Waals surface area contributed by atoms with Crippen LogP contribution in [0.5, 0.6) is 0 Å². The van der Waals surface area contributed by atoms with Gasteiger partial charge in [-0.05, 0) is 11.1 Å². The third-order valence-electron chi connectivity index (χ3n) is 5.67. The average Bonchev–Trinajstić information content (AvgIpc) is 3.39. The maximum atomic E-state index is 12.6. The number of carboxylic acid groups (broad SMARTS) is 2. The Hall–Kier alpha value is -4.55. The summed E-state index contributed by atoms with van der Waals surface area (Å²) >= 11 is 0. The lowest BCUT2D eigenvalue weighted by Gasteiger charge is -2.21. The van der Waals surface area contributed by atoms with Gasteiger partial charge >= 0.3 is 18.1 Å². The molecule has 0 fully saturated rings. The summed E-state index contributed by atoms with van der Waals surface area (Å²) in [6, 6.07) is 14.2. The molecular formula is C25H29F3N6O8S. The number of hydrogen-bond donors (Lipinski definition) is 6. The predicted molar refractivity (Wildman–Crippen MR) is 146 cm³/mol. The number of nitrogen functional groups attached to an aromatic ring is 1. The summed E-state index contributed by atoms with van der Waals surface area (Å²) in [6.45, 7) is -0.396. The van der Waals surface area contributed by atoms with Crippen LogP contribution in [-0.4, -0.2) is 84.2 Å². The number of amidine groups is 1. The topological polar surface area (TPSA) is 225 Å². The van der Waals surface area contributed by atoms with E-state index in [9.17, 15) is 36.3 Å². The smallest absolute Gasteiger partial charge is 0.480 e. The number of nitrogens with one attached hydrogen (secondary N) is 3. The number of halogens is 3. The van der Waals surface area contributed by atoms with Crippen molar-refractivity contribution in [3.8, 4) is 0 Å². The Labute approximate surface area is 244 Å². The highest BCUT2D eigenvalue weighted by Gasteiger charge is 2.38. The standard InChI is InChI=1S/C23H28N6O6S.C2HF3O2/c1-29(14-15-5-3-2-4-6-15)36(33,34)28-20(23(31)32)13-26-21(30)12-18-11-19(27-35-18)16-7-9-17(10-8-16)22(24)25;3-2(4,5)1(6)7/h2-10,18,20,28H,11-14H2,1H3,(H3,24,25)(H,26,30)(H,31,32);(H,6,7)/t18?,20-;/m0./s1. The minimum absolute atomic E-state index is 0.0493. The van der Waals surface area contributed by atoms with E-state index < -0.39 is 52.9 Å². The van der Waals surface area contributed by atoms with Crippen LogP contribution in [0, 0.1) is 5.41 Å². The minimum Gasteiger partial charge on any atom is -0.480 e. The van der Waals surface area contributed by atoms with Crippen molar-refractivity contribution in [2.24, 2.45) is 10.9 Å². The van der Waals surface area contributed by atoms with Gasteiger partial charge < -0.3 is 26.1 Å². The fourth-order valence-corrected chi connectivity index (χ4v) is 4.46. The van der Waals surface area contributed by atoms with E-state index in [0.29, 0.717) is 17.7 Å². The number of amides is 1. The van der Waals surface area contributed by atoms with Gasteiger partial charge in [0.05, 0.1) is 12.1 Å². The number of alkyl halides is 3. The Kier molecular flexibility index (Phi) is 12.1. The van der Waals surface area contributed by atoms with E-state index in [1.165, 1.54) is 7.05 Å². The quantitative estimate of drug-likeness (QED) is 0.145. The van der Waals surface area contributed by atoms with Gasteiger partial charge in [-0.1, -0.05) is 59.8 Å². The van der Waals surface area contributed by atoms with Gasteiger partial charge in [-0.2, -0.15) is 30.6 Å². The van der Waals surface area contributed by atoms with Crippen LogP contribution in [0.25, 0.3) is 0 Å². The highest BCUT2D eigenvalue weighted by molar-refractivity contribution is 7.87. The molecule has 2 aromatic rings. The molecule has 0 saturated carbocycles. The van der Waals surface area contributed by atoms with E-state index in [1.54, 1.807) is 54.6 Å². The Morgan fingerprint density at radius 2 is 1.72 bits per heavy atom. The first-order chi connectivity index (χ1) is 20.0. The lowest BCUT2D eigenvalue weighted by molar-refractivity contribution is -0.192. The third-order valence-corrected chi connectivity index (χ3v) is 7.20. The summed E-state index contributed by atoms with van der Waals surface area (Å²) in [4.78, 5) is 38.2. The normalized spacial score (nSPS) is 15.4. The van der Waals surface area contributed by atoms with Crippen LogP contribution in [0.3, 0.4) is 0 Å². The number of nitrogens with two attached hydrogens (primary N) is 1. The van der Waals surface area contributed by atoms with Gasteiger partial charge in [0.15, 0.2) is 0 Å². The van der Waals surface area contributed by atoms with Crippen molar-refractivity contribution in [2.45, 2.75) is 37.7 Å². The molecule has 234 valence electrons. The van der Waals surface area contributed by atoms with Gasteiger partial charge in [0.1, 0.15) is 18.0 Å². The lowest BCUT2D eigenvalue weighted by atomic mass is 10.0. The van der Waals surface area contributed by atoms with Gasteiger partial charge in [-0.25, -0.2) is 4.79 Å². The first kappa shape index (κ1) is 34.7. The Morgan fingerprint density at radius 3 is 2.23 bits per heavy atom. The zero-order chi connectivity index (χ0) is 32.4. The van der Waals surface area contributed by atoms with Crippen LogP contribution in [0.2, 0.25) is 0 Å². The van der Waals surface area contributed by atoms with Crippen LogP contribution >= 0.6 is 0 Å². The second kappa shape index (κ2) is 15.1. The molecule has 1 amide bonds. The average molecular weight is 631 g/mol. The van der Waals surface area contributed by atoms with Gasteiger partial charge in [0, 0.05) is 32.1 Å². The van der Waals surface area contributed by atoms with Crippen molar-refractivity contribution in [1.29, 1.82) is 5.41 Å². The van der Waals surface area contributed by atoms with Gasteiger partial charge in [-0.15, -0.1) is 0 Å². The van der Waals surface area contributed by atoms with Crippen molar-refractivity contribution in [3.05, 3.63) is 71.3 Å². The summed E-state index contributed by atoms with van der Waals surface area (Å²) in [5.74, 6) is -4.74. The molecule has 2 atom stereocenters. The molecule has 0 radical (unpaired) electrons. The largest absolute Gasteiger partial charge is 0.490 e. The highest BCUT2D eigenvalue weighted by atomic mass is 32.2. The number of rotatable bonds is 12. The molecule has 3 rings (SSSR count). The number of carbonyl (C=O) groups is 3. The SMILES string of the molecule is CN(Cc1ccccc1)S(=O)(=O)N[C@@H](CNC(=O)CC1CC(c2ccc(C(=N)N)cc2)=NO1)C(=O)O.O=C(O)C(F)(F)F. The van der Waals surface area contributed by atoms with Crippen molar-refractivity contribution in [2.75, 3.05) is 13.6 Å². The molecule has 1 aliphatic heterocycles. The van der Waals surface area contributed by atoms with E-state index in [0.717, 1.165) is 15.4 Å². The molecule has 43 heavy (non-hydrogen) atoms. The number of carbonyl (C=O) groups excluding carboxylic acids is 1. The van der Waals surface area contributed by atoms with E-state index >= 15 is 0 Å². The first-order valence-corrected chi connectivity index (χ1v) is 13.7. The van der Waals surface area contributed by atoms with Gasteiger partial charge in [-0.3, -0.25) is 15.0 Å². The minimum atomic E-state index is -5.08. The molecule has 18 heteroatoms. The summed E-state index contributed by atoms with van der Waals surface area (Å²) in [6.07, 6.45) is -5.37. The second-order valence-electron chi connectivity index (χ2n) is 9.03. The molecular weight excluding hydrogens is 601 g/mol. The Bertz CT molecular complexity index is 1440. The summed E-state index contributed by atoms with van der Waals surface area (Å²) in [7, 11) is -2.80. The molecule has 0 bridgehead atoms. The molecule has 2 aromatic carbocycles.